The second kappa shape index (κ2) is 6.92. The van der Waals surface area contributed by atoms with Crippen molar-refractivity contribution in [3.63, 3.8) is 0 Å². The number of carboxylic acids is 1. The van der Waals surface area contributed by atoms with Gasteiger partial charge in [0, 0.05) is 12.0 Å². The number of nitrogens with one attached hydrogen (secondary N) is 1. The Morgan fingerprint density at radius 3 is 2.26 bits per heavy atom. The third-order valence-electron chi connectivity index (χ3n) is 3.60. The van der Waals surface area contributed by atoms with E-state index in [1.807, 2.05) is 0 Å². The Hall–Kier alpha value is -1.06. The Bertz CT molecular complexity index is 314. The van der Waals surface area contributed by atoms with Crippen molar-refractivity contribution in [2.45, 2.75) is 71.8 Å². The van der Waals surface area contributed by atoms with Gasteiger partial charge in [-0.15, -0.1) is 0 Å². The number of rotatable bonds is 5. The van der Waals surface area contributed by atoms with E-state index in [9.17, 15) is 9.59 Å². The predicted molar refractivity (Wildman–Crippen MR) is 74.8 cm³/mol. The zero-order chi connectivity index (χ0) is 14.5. The van der Waals surface area contributed by atoms with Gasteiger partial charge in [0.2, 0.25) is 5.91 Å². The molecule has 0 aliphatic heterocycles. The van der Waals surface area contributed by atoms with Gasteiger partial charge in [-0.25, -0.2) is 0 Å². The second-order valence-electron chi connectivity index (χ2n) is 6.90. The van der Waals surface area contributed by atoms with Crippen molar-refractivity contribution >= 4 is 11.9 Å². The minimum absolute atomic E-state index is 0.00965. The third-order valence-corrected chi connectivity index (χ3v) is 3.60. The molecule has 0 aromatic carbocycles. The van der Waals surface area contributed by atoms with Crippen molar-refractivity contribution in [3.8, 4) is 0 Å². The molecule has 1 atom stereocenters. The fourth-order valence-corrected chi connectivity index (χ4v) is 2.81. The molecule has 4 heteroatoms. The fraction of sp³-hybridized carbons (Fsp3) is 0.867. The van der Waals surface area contributed by atoms with Crippen molar-refractivity contribution < 1.29 is 14.7 Å². The van der Waals surface area contributed by atoms with Gasteiger partial charge in [-0.3, -0.25) is 9.59 Å². The second-order valence-corrected chi connectivity index (χ2v) is 6.90. The topological polar surface area (TPSA) is 66.4 Å². The number of carboxylic acid groups (broad SMARTS) is 1. The molecule has 1 unspecified atom stereocenters. The number of carbonyl (C=O) groups excluding carboxylic acids is 1. The van der Waals surface area contributed by atoms with Crippen LogP contribution in [-0.2, 0) is 9.59 Å². The van der Waals surface area contributed by atoms with Crippen LogP contribution in [0.15, 0.2) is 0 Å². The molecule has 19 heavy (non-hydrogen) atoms. The molecule has 4 nitrogen and oxygen atoms in total. The molecule has 2 N–H and O–H groups in total. The summed E-state index contributed by atoms with van der Waals surface area (Å²) in [7, 11) is 0. The summed E-state index contributed by atoms with van der Waals surface area (Å²) in [6, 6.07) is -0.257. The highest BCUT2D eigenvalue weighted by Gasteiger charge is 2.26. The van der Waals surface area contributed by atoms with Crippen LogP contribution in [0.25, 0.3) is 0 Å². The van der Waals surface area contributed by atoms with Gasteiger partial charge in [0.25, 0.3) is 0 Å². The summed E-state index contributed by atoms with van der Waals surface area (Å²) in [5.41, 5.74) is 0.0139. The SMILES string of the molecule is CC(C)(C)CC(CC(=O)O)NC(=O)C1CCCCC1. The lowest BCUT2D eigenvalue weighted by Gasteiger charge is -2.28. The lowest BCUT2D eigenvalue weighted by atomic mass is 9.85. The van der Waals surface area contributed by atoms with E-state index >= 15 is 0 Å². The smallest absolute Gasteiger partial charge is 0.305 e. The summed E-state index contributed by atoms with van der Waals surface area (Å²) in [6.45, 7) is 6.19. The number of amides is 1. The molecule has 0 aromatic heterocycles. The highest BCUT2D eigenvalue weighted by Crippen LogP contribution is 2.26. The molecule has 1 aliphatic carbocycles. The third kappa shape index (κ3) is 6.60. The van der Waals surface area contributed by atoms with Crippen LogP contribution in [0.2, 0.25) is 0 Å². The first-order valence-corrected chi connectivity index (χ1v) is 7.30. The number of hydrogen-bond donors (Lipinski definition) is 2. The average Bonchev–Trinajstić information content (AvgIpc) is 2.26. The van der Waals surface area contributed by atoms with E-state index in [0.29, 0.717) is 6.42 Å². The van der Waals surface area contributed by atoms with Crippen LogP contribution < -0.4 is 5.32 Å². The van der Waals surface area contributed by atoms with Crippen LogP contribution in [0, 0.1) is 11.3 Å². The van der Waals surface area contributed by atoms with Crippen molar-refractivity contribution in [3.05, 3.63) is 0 Å². The molecule has 1 saturated carbocycles. The maximum Gasteiger partial charge on any atom is 0.305 e. The molecule has 1 aliphatic rings. The van der Waals surface area contributed by atoms with Gasteiger partial charge < -0.3 is 10.4 Å². The molecule has 0 heterocycles. The van der Waals surface area contributed by atoms with Crippen LogP contribution in [0.1, 0.15) is 65.7 Å². The van der Waals surface area contributed by atoms with Gasteiger partial charge in [0.15, 0.2) is 0 Å². The van der Waals surface area contributed by atoms with E-state index in [0.717, 1.165) is 25.7 Å². The van der Waals surface area contributed by atoms with Gasteiger partial charge >= 0.3 is 5.97 Å². The van der Waals surface area contributed by atoms with Crippen LogP contribution in [0.5, 0.6) is 0 Å². The number of aliphatic carboxylic acids is 1. The van der Waals surface area contributed by atoms with Crippen molar-refractivity contribution in [2.24, 2.45) is 11.3 Å². The predicted octanol–water partition coefficient (Wildman–Crippen LogP) is 2.96. The van der Waals surface area contributed by atoms with Crippen molar-refractivity contribution in [2.75, 3.05) is 0 Å². The van der Waals surface area contributed by atoms with Gasteiger partial charge in [0.1, 0.15) is 0 Å². The molecule has 1 fully saturated rings. The first-order chi connectivity index (χ1) is 8.78. The summed E-state index contributed by atoms with van der Waals surface area (Å²) >= 11 is 0. The Morgan fingerprint density at radius 1 is 1.21 bits per heavy atom. The molecule has 0 aromatic rings. The van der Waals surface area contributed by atoms with E-state index in [1.165, 1.54) is 6.42 Å². The van der Waals surface area contributed by atoms with E-state index in [1.54, 1.807) is 0 Å². The van der Waals surface area contributed by atoms with Gasteiger partial charge in [0.05, 0.1) is 6.42 Å². The molecular formula is C15H27NO3. The zero-order valence-electron chi connectivity index (χ0n) is 12.4. The first kappa shape index (κ1) is 16.0. The fourth-order valence-electron chi connectivity index (χ4n) is 2.81. The standard InChI is InChI=1S/C15H27NO3/c1-15(2,3)10-12(9-13(17)18)16-14(19)11-7-5-4-6-8-11/h11-12H,4-10H2,1-3H3,(H,16,19)(H,17,18). The zero-order valence-corrected chi connectivity index (χ0v) is 12.4. The normalized spacial score (nSPS) is 18.9. The summed E-state index contributed by atoms with van der Waals surface area (Å²) < 4.78 is 0. The Morgan fingerprint density at radius 2 is 1.79 bits per heavy atom. The van der Waals surface area contributed by atoms with Crippen molar-refractivity contribution in [1.82, 2.24) is 5.32 Å². The molecule has 0 radical (unpaired) electrons. The summed E-state index contributed by atoms with van der Waals surface area (Å²) in [4.78, 5) is 23.1. The van der Waals surface area contributed by atoms with Gasteiger partial charge in [-0.1, -0.05) is 40.0 Å². The number of hydrogen-bond acceptors (Lipinski definition) is 2. The molecule has 1 amide bonds. The van der Waals surface area contributed by atoms with E-state index < -0.39 is 5.97 Å². The lowest BCUT2D eigenvalue weighted by Crippen LogP contribution is -2.42. The minimum atomic E-state index is -0.849. The summed E-state index contributed by atoms with van der Waals surface area (Å²) in [6.07, 6.45) is 6.03. The van der Waals surface area contributed by atoms with Crippen LogP contribution in [0.4, 0.5) is 0 Å². The quantitative estimate of drug-likeness (QED) is 0.806. The Kier molecular flexibility index (Phi) is 5.83. The molecule has 110 valence electrons. The maximum absolute atomic E-state index is 12.2. The van der Waals surface area contributed by atoms with Gasteiger partial charge in [-0.2, -0.15) is 0 Å². The van der Waals surface area contributed by atoms with E-state index in [4.69, 9.17) is 5.11 Å². The first-order valence-electron chi connectivity index (χ1n) is 7.30. The van der Waals surface area contributed by atoms with Crippen LogP contribution in [-0.4, -0.2) is 23.0 Å². The Labute approximate surface area is 116 Å². The minimum Gasteiger partial charge on any atom is -0.481 e. The highest BCUT2D eigenvalue weighted by atomic mass is 16.4. The van der Waals surface area contributed by atoms with E-state index in [2.05, 4.69) is 26.1 Å². The monoisotopic (exact) mass is 269 g/mol. The lowest BCUT2D eigenvalue weighted by molar-refractivity contribution is -0.138. The molecular weight excluding hydrogens is 242 g/mol. The summed E-state index contributed by atoms with van der Waals surface area (Å²) in [5.74, 6) is -0.710. The molecule has 0 saturated heterocycles. The largest absolute Gasteiger partial charge is 0.481 e. The number of carbonyl (C=O) groups is 2. The summed E-state index contributed by atoms with van der Waals surface area (Å²) in [5, 5.41) is 11.9. The molecule has 0 spiro atoms. The molecule has 0 bridgehead atoms. The van der Waals surface area contributed by atoms with Crippen LogP contribution in [0.3, 0.4) is 0 Å². The van der Waals surface area contributed by atoms with E-state index in [-0.39, 0.29) is 29.7 Å². The Balaban J connectivity index is 2.54. The average molecular weight is 269 g/mol. The maximum atomic E-state index is 12.2. The highest BCUT2D eigenvalue weighted by molar-refractivity contribution is 5.79. The van der Waals surface area contributed by atoms with Crippen LogP contribution >= 0.6 is 0 Å². The van der Waals surface area contributed by atoms with Crippen molar-refractivity contribution in [1.29, 1.82) is 0 Å². The molecule has 1 rings (SSSR count). The van der Waals surface area contributed by atoms with Gasteiger partial charge in [-0.05, 0) is 24.7 Å².